The SMILES string of the molecule is Cc1ccc(S(=O)(=O)N2CCN(C(=O)/C=C/c3cnn(-c4ccccc4)c3)CC2)s1. The van der Waals surface area contributed by atoms with E-state index in [0.29, 0.717) is 30.4 Å². The van der Waals surface area contributed by atoms with Crippen molar-refractivity contribution in [3.8, 4) is 5.69 Å². The van der Waals surface area contributed by atoms with Crippen LogP contribution in [0.4, 0.5) is 0 Å². The molecular formula is C21H22N4O3S2. The van der Waals surface area contributed by atoms with Crippen molar-refractivity contribution in [2.24, 2.45) is 0 Å². The van der Waals surface area contributed by atoms with Gasteiger partial charge in [-0.3, -0.25) is 4.79 Å². The number of benzene rings is 1. The van der Waals surface area contributed by atoms with Crippen LogP contribution in [-0.2, 0) is 14.8 Å². The highest BCUT2D eigenvalue weighted by Gasteiger charge is 2.30. The summed E-state index contributed by atoms with van der Waals surface area (Å²) in [4.78, 5) is 15.2. The number of piperazine rings is 1. The largest absolute Gasteiger partial charge is 0.337 e. The molecule has 3 heterocycles. The quantitative estimate of drug-likeness (QED) is 0.570. The van der Waals surface area contributed by atoms with Gasteiger partial charge in [-0.25, -0.2) is 13.1 Å². The lowest BCUT2D eigenvalue weighted by atomic mass is 10.3. The average molecular weight is 443 g/mol. The lowest BCUT2D eigenvalue weighted by Crippen LogP contribution is -2.50. The minimum absolute atomic E-state index is 0.133. The van der Waals surface area contributed by atoms with Crippen molar-refractivity contribution >= 4 is 33.3 Å². The normalized spacial score (nSPS) is 15.7. The molecule has 156 valence electrons. The average Bonchev–Trinajstić information content (AvgIpc) is 3.42. The molecule has 0 unspecified atom stereocenters. The second-order valence-corrected chi connectivity index (χ2v) is 10.4. The highest BCUT2D eigenvalue weighted by atomic mass is 32.2. The zero-order valence-corrected chi connectivity index (χ0v) is 18.1. The maximum Gasteiger partial charge on any atom is 0.252 e. The monoisotopic (exact) mass is 442 g/mol. The Labute approximate surface area is 179 Å². The fourth-order valence-electron chi connectivity index (χ4n) is 3.24. The summed E-state index contributed by atoms with van der Waals surface area (Å²) in [5.74, 6) is -0.133. The molecule has 2 aromatic heterocycles. The van der Waals surface area contributed by atoms with Gasteiger partial charge in [-0.15, -0.1) is 11.3 Å². The standard InChI is InChI=1S/C21H22N4O3S2/c1-17-7-10-21(29-17)30(27,28)24-13-11-23(12-14-24)20(26)9-8-18-15-22-25(16-18)19-5-3-2-4-6-19/h2-10,15-16H,11-14H2,1H3/b9-8+. The minimum Gasteiger partial charge on any atom is -0.337 e. The summed E-state index contributed by atoms with van der Waals surface area (Å²) in [6.07, 6.45) is 6.79. The molecule has 0 N–H and O–H groups in total. The fourth-order valence-corrected chi connectivity index (χ4v) is 6.10. The molecule has 1 amide bonds. The first-order chi connectivity index (χ1) is 14.4. The number of aromatic nitrogens is 2. The molecule has 0 radical (unpaired) electrons. The van der Waals surface area contributed by atoms with Crippen LogP contribution in [0, 0.1) is 6.92 Å². The first kappa shape index (κ1) is 20.5. The molecule has 9 heteroatoms. The number of thiophene rings is 1. The molecule has 3 aromatic rings. The molecule has 7 nitrogen and oxygen atoms in total. The Bertz CT molecular complexity index is 1160. The summed E-state index contributed by atoms with van der Waals surface area (Å²) in [5, 5.41) is 4.31. The highest BCUT2D eigenvalue weighted by Crippen LogP contribution is 2.25. The number of para-hydroxylation sites is 1. The molecule has 1 aliphatic heterocycles. The third kappa shape index (κ3) is 4.38. The van der Waals surface area contributed by atoms with Crippen LogP contribution >= 0.6 is 11.3 Å². The van der Waals surface area contributed by atoms with Crippen LogP contribution < -0.4 is 0 Å². The predicted molar refractivity (Wildman–Crippen MR) is 117 cm³/mol. The first-order valence-electron chi connectivity index (χ1n) is 9.57. The van der Waals surface area contributed by atoms with E-state index >= 15 is 0 Å². The Balaban J connectivity index is 1.35. The van der Waals surface area contributed by atoms with Gasteiger partial charge in [0.15, 0.2) is 0 Å². The maximum atomic E-state index is 12.7. The lowest BCUT2D eigenvalue weighted by Gasteiger charge is -2.33. The summed E-state index contributed by atoms with van der Waals surface area (Å²) in [7, 11) is -3.48. The van der Waals surface area contributed by atoms with Gasteiger partial charge in [-0.1, -0.05) is 18.2 Å². The Morgan fingerprint density at radius 2 is 1.80 bits per heavy atom. The molecule has 1 aromatic carbocycles. The van der Waals surface area contributed by atoms with Crippen LogP contribution in [0.15, 0.2) is 65.1 Å². The molecule has 30 heavy (non-hydrogen) atoms. The van der Waals surface area contributed by atoms with Gasteiger partial charge < -0.3 is 4.90 Å². The van der Waals surface area contributed by atoms with E-state index in [1.807, 2.05) is 49.5 Å². The van der Waals surface area contributed by atoms with E-state index in [1.54, 1.807) is 27.9 Å². The molecule has 0 spiro atoms. The molecule has 0 bridgehead atoms. The number of carbonyl (C=O) groups excluding carboxylic acids is 1. The van der Waals surface area contributed by atoms with Crippen molar-refractivity contribution in [2.75, 3.05) is 26.2 Å². The van der Waals surface area contributed by atoms with Crippen molar-refractivity contribution in [2.45, 2.75) is 11.1 Å². The van der Waals surface area contributed by atoms with Crippen LogP contribution in [-0.4, -0.2) is 59.5 Å². The summed E-state index contributed by atoms with van der Waals surface area (Å²) >= 11 is 1.27. The van der Waals surface area contributed by atoms with Gasteiger partial charge in [0, 0.05) is 48.9 Å². The van der Waals surface area contributed by atoms with Crippen LogP contribution in [0.5, 0.6) is 0 Å². The van der Waals surface area contributed by atoms with Gasteiger partial charge in [0.25, 0.3) is 10.0 Å². The maximum absolute atomic E-state index is 12.7. The number of nitrogens with zero attached hydrogens (tertiary/aromatic N) is 4. The molecule has 0 atom stereocenters. The molecule has 1 saturated heterocycles. The van der Waals surface area contributed by atoms with Crippen LogP contribution in [0.3, 0.4) is 0 Å². The van der Waals surface area contributed by atoms with Crippen molar-refractivity contribution in [1.82, 2.24) is 19.0 Å². The highest BCUT2D eigenvalue weighted by molar-refractivity contribution is 7.91. The summed E-state index contributed by atoms with van der Waals surface area (Å²) < 4.78 is 29.0. The summed E-state index contributed by atoms with van der Waals surface area (Å²) in [6, 6.07) is 13.2. The van der Waals surface area contributed by atoms with E-state index in [9.17, 15) is 13.2 Å². The summed E-state index contributed by atoms with van der Waals surface area (Å²) in [5.41, 5.74) is 1.77. The van der Waals surface area contributed by atoms with E-state index in [2.05, 4.69) is 5.10 Å². The number of rotatable bonds is 5. The van der Waals surface area contributed by atoms with Crippen LogP contribution in [0.2, 0.25) is 0 Å². The van der Waals surface area contributed by atoms with Gasteiger partial charge in [0.05, 0.1) is 11.9 Å². The van der Waals surface area contributed by atoms with Crippen LogP contribution in [0.25, 0.3) is 11.8 Å². The second-order valence-electron chi connectivity index (χ2n) is 6.98. The second kappa shape index (κ2) is 8.55. The van der Waals surface area contributed by atoms with E-state index in [-0.39, 0.29) is 5.91 Å². The third-order valence-electron chi connectivity index (χ3n) is 4.90. The van der Waals surface area contributed by atoms with Crippen molar-refractivity contribution in [1.29, 1.82) is 0 Å². The Morgan fingerprint density at radius 3 is 2.47 bits per heavy atom. The molecule has 1 fully saturated rings. The molecule has 4 rings (SSSR count). The zero-order chi connectivity index (χ0) is 21.1. The van der Waals surface area contributed by atoms with Gasteiger partial charge >= 0.3 is 0 Å². The summed E-state index contributed by atoms with van der Waals surface area (Å²) in [6.45, 7) is 3.22. The number of aryl methyl sites for hydroxylation is 1. The predicted octanol–water partition coefficient (Wildman–Crippen LogP) is 2.79. The van der Waals surface area contributed by atoms with Crippen molar-refractivity contribution in [3.05, 3.63) is 71.4 Å². The van der Waals surface area contributed by atoms with E-state index in [4.69, 9.17) is 0 Å². The van der Waals surface area contributed by atoms with E-state index < -0.39 is 10.0 Å². The Hall–Kier alpha value is -2.75. The topological polar surface area (TPSA) is 75.5 Å². The van der Waals surface area contributed by atoms with Gasteiger partial charge in [0.1, 0.15) is 4.21 Å². The number of sulfonamides is 1. The van der Waals surface area contributed by atoms with Gasteiger partial charge in [0.2, 0.25) is 5.91 Å². The van der Waals surface area contributed by atoms with Crippen molar-refractivity contribution < 1.29 is 13.2 Å². The first-order valence-corrected chi connectivity index (χ1v) is 11.8. The molecule has 1 aliphatic rings. The van der Waals surface area contributed by atoms with E-state index in [0.717, 1.165) is 16.1 Å². The number of carbonyl (C=O) groups is 1. The van der Waals surface area contributed by atoms with Gasteiger partial charge in [-0.05, 0) is 37.3 Å². The van der Waals surface area contributed by atoms with Crippen molar-refractivity contribution in [3.63, 3.8) is 0 Å². The fraction of sp³-hybridized carbons (Fsp3) is 0.238. The number of hydrogen-bond donors (Lipinski definition) is 0. The number of hydrogen-bond acceptors (Lipinski definition) is 5. The number of amides is 1. The molecular weight excluding hydrogens is 420 g/mol. The smallest absolute Gasteiger partial charge is 0.252 e. The van der Waals surface area contributed by atoms with E-state index in [1.165, 1.54) is 21.7 Å². The minimum atomic E-state index is -3.48. The zero-order valence-electron chi connectivity index (χ0n) is 16.5. The van der Waals surface area contributed by atoms with Crippen LogP contribution in [0.1, 0.15) is 10.4 Å². The van der Waals surface area contributed by atoms with Gasteiger partial charge in [-0.2, -0.15) is 9.40 Å². The molecule has 0 saturated carbocycles. The molecule has 0 aliphatic carbocycles. The Morgan fingerprint density at radius 1 is 1.07 bits per heavy atom. The lowest BCUT2D eigenvalue weighted by molar-refractivity contribution is -0.127. The Kier molecular flexibility index (Phi) is 5.85. The third-order valence-corrected chi connectivity index (χ3v) is 8.27.